The SMILES string of the molecule is CCNC(=NCCN1CCOCC1)NCCc1csc(C(C)C)n1. The molecule has 2 heterocycles. The average molecular weight is 354 g/mol. The molecule has 2 rings (SSSR count). The molecule has 0 atom stereocenters. The lowest BCUT2D eigenvalue weighted by Crippen LogP contribution is -2.40. The maximum Gasteiger partial charge on any atom is 0.191 e. The van der Waals surface area contributed by atoms with Gasteiger partial charge in [0.2, 0.25) is 0 Å². The molecule has 6 nitrogen and oxygen atoms in total. The molecular weight excluding hydrogens is 322 g/mol. The number of nitrogens with zero attached hydrogens (tertiary/aromatic N) is 3. The van der Waals surface area contributed by atoms with Crippen molar-refractivity contribution in [2.75, 3.05) is 52.5 Å². The first-order valence-electron chi connectivity index (χ1n) is 8.95. The van der Waals surface area contributed by atoms with Gasteiger partial charge in [-0.3, -0.25) is 9.89 Å². The number of hydrogen-bond acceptors (Lipinski definition) is 5. The van der Waals surface area contributed by atoms with Gasteiger partial charge >= 0.3 is 0 Å². The van der Waals surface area contributed by atoms with E-state index < -0.39 is 0 Å². The summed E-state index contributed by atoms with van der Waals surface area (Å²) in [5.41, 5.74) is 1.17. The number of aromatic nitrogens is 1. The Kier molecular flexibility index (Phi) is 8.49. The Balaban J connectivity index is 1.71. The molecule has 0 bridgehead atoms. The van der Waals surface area contributed by atoms with Gasteiger partial charge < -0.3 is 15.4 Å². The van der Waals surface area contributed by atoms with E-state index in [0.717, 1.165) is 64.9 Å². The van der Waals surface area contributed by atoms with Gasteiger partial charge in [0.25, 0.3) is 0 Å². The van der Waals surface area contributed by atoms with Crippen molar-refractivity contribution in [3.05, 3.63) is 16.1 Å². The van der Waals surface area contributed by atoms with E-state index in [0.29, 0.717) is 5.92 Å². The molecular formula is C17H31N5OS. The molecule has 0 amide bonds. The lowest BCUT2D eigenvalue weighted by Gasteiger charge is -2.25. The minimum atomic E-state index is 0.510. The molecule has 0 aliphatic carbocycles. The molecule has 0 spiro atoms. The summed E-state index contributed by atoms with van der Waals surface area (Å²) < 4.78 is 5.37. The second-order valence-corrected chi connectivity index (χ2v) is 7.11. The first-order valence-corrected chi connectivity index (χ1v) is 9.83. The number of morpholine rings is 1. The Morgan fingerprint density at radius 3 is 2.83 bits per heavy atom. The summed E-state index contributed by atoms with van der Waals surface area (Å²) in [5, 5.41) is 10.1. The molecule has 0 unspecified atom stereocenters. The Hall–Kier alpha value is -1.18. The monoisotopic (exact) mass is 353 g/mol. The zero-order valence-corrected chi connectivity index (χ0v) is 16.0. The van der Waals surface area contributed by atoms with Crippen LogP contribution in [0.4, 0.5) is 0 Å². The topological polar surface area (TPSA) is 61.8 Å². The van der Waals surface area contributed by atoms with E-state index in [1.165, 1.54) is 10.7 Å². The number of guanidine groups is 1. The van der Waals surface area contributed by atoms with Gasteiger partial charge in [-0.1, -0.05) is 13.8 Å². The van der Waals surface area contributed by atoms with Crippen molar-refractivity contribution >= 4 is 17.3 Å². The summed E-state index contributed by atoms with van der Waals surface area (Å²) in [6.45, 7) is 13.7. The van der Waals surface area contributed by atoms with Crippen LogP contribution in [0.5, 0.6) is 0 Å². The summed E-state index contributed by atoms with van der Waals surface area (Å²) >= 11 is 1.76. The lowest BCUT2D eigenvalue weighted by atomic mass is 10.2. The zero-order valence-electron chi connectivity index (χ0n) is 15.2. The molecule has 7 heteroatoms. The largest absolute Gasteiger partial charge is 0.379 e. The molecule has 0 aromatic carbocycles. The van der Waals surface area contributed by atoms with Gasteiger partial charge in [-0.25, -0.2) is 4.98 Å². The molecule has 1 saturated heterocycles. The van der Waals surface area contributed by atoms with Crippen molar-refractivity contribution in [2.45, 2.75) is 33.1 Å². The summed E-state index contributed by atoms with van der Waals surface area (Å²) in [5.74, 6) is 1.40. The number of rotatable bonds is 8. The van der Waals surface area contributed by atoms with Crippen LogP contribution in [0.3, 0.4) is 0 Å². The Morgan fingerprint density at radius 2 is 2.17 bits per heavy atom. The standard InChI is InChI=1S/C17H31N5OS/c1-4-18-17(20-7-8-22-9-11-23-12-10-22)19-6-5-15-13-24-16(21-15)14(2)3/h13-14H,4-12H2,1-3H3,(H2,18,19,20). The van der Waals surface area contributed by atoms with Gasteiger partial charge in [0, 0.05) is 50.4 Å². The van der Waals surface area contributed by atoms with Gasteiger partial charge in [-0.15, -0.1) is 11.3 Å². The second kappa shape index (κ2) is 10.6. The molecule has 2 N–H and O–H groups in total. The third kappa shape index (κ3) is 6.75. The van der Waals surface area contributed by atoms with Gasteiger partial charge in [-0.2, -0.15) is 0 Å². The third-order valence-corrected chi connectivity index (χ3v) is 5.07. The number of nitrogens with one attached hydrogen (secondary N) is 2. The summed E-state index contributed by atoms with van der Waals surface area (Å²) in [7, 11) is 0. The first-order chi connectivity index (χ1) is 11.7. The number of ether oxygens (including phenoxy) is 1. The van der Waals surface area contributed by atoms with Crippen LogP contribution < -0.4 is 10.6 Å². The van der Waals surface area contributed by atoms with Crippen LogP contribution in [0.25, 0.3) is 0 Å². The van der Waals surface area contributed by atoms with Gasteiger partial charge in [-0.05, 0) is 6.92 Å². The highest BCUT2D eigenvalue weighted by Crippen LogP contribution is 2.19. The minimum absolute atomic E-state index is 0.510. The van der Waals surface area contributed by atoms with Crippen LogP contribution in [0.15, 0.2) is 10.4 Å². The first kappa shape index (κ1) is 19.1. The van der Waals surface area contributed by atoms with Crippen LogP contribution in [-0.2, 0) is 11.2 Å². The quantitative estimate of drug-likeness (QED) is 0.550. The molecule has 1 fully saturated rings. The Morgan fingerprint density at radius 1 is 1.38 bits per heavy atom. The molecule has 24 heavy (non-hydrogen) atoms. The van der Waals surface area contributed by atoms with Crippen molar-refractivity contribution in [3.8, 4) is 0 Å². The molecule has 1 aromatic heterocycles. The van der Waals surface area contributed by atoms with Crippen LogP contribution in [0.2, 0.25) is 0 Å². The summed E-state index contributed by atoms with van der Waals surface area (Å²) in [6.07, 6.45) is 0.928. The van der Waals surface area contributed by atoms with Crippen LogP contribution in [-0.4, -0.2) is 68.3 Å². The number of aliphatic imine (C=N–C) groups is 1. The van der Waals surface area contributed by atoms with Crippen molar-refractivity contribution in [3.63, 3.8) is 0 Å². The van der Waals surface area contributed by atoms with Crippen molar-refractivity contribution < 1.29 is 4.74 Å². The Bertz CT molecular complexity index is 497. The normalized spacial score (nSPS) is 16.6. The number of thiazole rings is 1. The molecule has 1 aliphatic heterocycles. The highest BCUT2D eigenvalue weighted by atomic mass is 32.1. The lowest BCUT2D eigenvalue weighted by molar-refractivity contribution is 0.0394. The molecule has 136 valence electrons. The maximum atomic E-state index is 5.37. The van der Waals surface area contributed by atoms with E-state index in [1.54, 1.807) is 11.3 Å². The van der Waals surface area contributed by atoms with Gasteiger partial charge in [0.05, 0.1) is 30.5 Å². The minimum Gasteiger partial charge on any atom is -0.379 e. The third-order valence-electron chi connectivity index (χ3n) is 3.87. The molecule has 0 radical (unpaired) electrons. The van der Waals surface area contributed by atoms with E-state index >= 15 is 0 Å². The highest BCUT2D eigenvalue weighted by molar-refractivity contribution is 7.09. The van der Waals surface area contributed by atoms with Crippen LogP contribution in [0.1, 0.15) is 37.4 Å². The van der Waals surface area contributed by atoms with Crippen molar-refractivity contribution in [1.29, 1.82) is 0 Å². The van der Waals surface area contributed by atoms with Gasteiger partial charge in [0.15, 0.2) is 5.96 Å². The fourth-order valence-corrected chi connectivity index (χ4v) is 3.35. The second-order valence-electron chi connectivity index (χ2n) is 6.22. The summed E-state index contributed by atoms with van der Waals surface area (Å²) in [6, 6.07) is 0. The molecule has 1 aliphatic rings. The van der Waals surface area contributed by atoms with Crippen LogP contribution in [0, 0.1) is 0 Å². The fraction of sp³-hybridized carbons (Fsp3) is 0.765. The van der Waals surface area contributed by atoms with Crippen molar-refractivity contribution in [1.82, 2.24) is 20.5 Å². The van der Waals surface area contributed by atoms with E-state index in [1.807, 2.05) is 0 Å². The highest BCUT2D eigenvalue weighted by Gasteiger charge is 2.09. The van der Waals surface area contributed by atoms with Gasteiger partial charge in [0.1, 0.15) is 0 Å². The molecule has 0 saturated carbocycles. The van der Waals surface area contributed by atoms with E-state index in [-0.39, 0.29) is 0 Å². The predicted octanol–water partition coefficient (Wildman–Crippen LogP) is 1.70. The Labute approximate surface area is 149 Å². The van der Waals surface area contributed by atoms with Crippen molar-refractivity contribution in [2.24, 2.45) is 4.99 Å². The smallest absolute Gasteiger partial charge is 0.191 e. The van der Waals surface area contributed by atoms with Crippen LogP contribution >= 0.6 is 11.3 Å². The van der Waals surface area contributed by atoms with E-state index in [2.05, 4.69) is 51.7 Å². The van der Waals surface area contributed by atoms with E-state index in [9.17, 15) is 0 Å². The fourth-order valence-electron chi connectivity index (χ4n) is 2.48. The maximum absolute atomic E-state index is 5.37. The number of hydrogen-bond donors (Lipinski definition) is 2. The predicted molar refractivity (Wildman–Crippen MR) is 101 cm³/mol. The van der Waals surface area contributed by atoms with E-state index in [4.69, 9.17) is 4.74 Å². The zero-order chi connectivity index (χ0) is 17.2. The molecule has 1 aromatic rings. The average Bonchev–Trinajstić information content (AvgIpc) is 3.05. The summed E-state index contributed by atoms with van der Waals surface area (Å²) in [4.78, 5) is 11.7.